The van der Waals surface area contributed by atoms with E-state index >= 15 is 19.2 Å². The third kappa shape index (κ3) is 19.3. The minimum absolute atomic E-state index is 0.0613. The summed E-state index contributed by atoms with van der Waals surface area (Å²) in [6.07, 6.45) is 38.5. The van der Waals surface area contributed by atoms with E-state index in [1.807, 2.05) is 77.8 Å². The molecule has 0 saturated carbocycles. The van der Waals surface area contributed by atoms with Gasteiger partial charge in [0.1, 0.15) is 8.07 Å². The van der Waals surface area contributed by atoms with Crippen molar-refractivity contribution in [1.29, 1.82) is 0 Å². The Kier molecular flexibility index (Phi) is 31.3. The summed E-state index contributed by atoms with van der Waals surface area (Å²) in [6.45, 7) is 25.5. The number of amides is 4. The summed E-state index contributed by atoms with van der Waals surface area (Å²) in [5.41, 5.74) is 13.8. The van der Waals surface area contributed by atoms with E-state index in [1.54, 1.807) is 10.4 Å². The van der Waals surface area contributed by atoms with Crippen molar-refractivity contribution in [1.82, 2.24) is 0 Å². The average molecular weight is 1770 g/mol. The molecule has 0 fully saturated rings. The molecule has 0 N–H and O–H groups in total. The van der Waals surface area contributed by atoms with Gasteiger partial charge in [-0.2, -0.15) is 0 Å². The monoisotopic (exact) mass is 1770 g/mol. The first-order valence-electron chi connectivity index (χ1n) is 48.3. The van der Waals surface area contributed by atoms with E-state index < -0.39 is 8.07 Å². The van der Waals surface area contributed by atoms with Gasteiger partial charge in [0.05, 0.1) is 45.0 Å². The zero-order valence-corrected chi connectivity index (χ0v) is 81.4. The van der Waals surface area contributed by atoms with Gasteiger partial charge in [-0.15, -0.1) is 68.0 Å². The number of thiophene rings is 6. The second kappa shape index (κ2) is 42.5. The summed E-state index contributed by atoms with van der Waals surface area (Å²) in [5.74, 6) is 0.928. The van der Waals surface area contributed by atoms with Crippen LogP contribution in [0, 0.1) is 11.8 Å². The molecular weight excluding hydrogens is 1640 g/mol. The highest BCUT2D eigenvalue weighted by Gasteiger charge is 2.51. The van der Waals surface area contributed by atoms with Crippen molar-refractivity contribution in [3.05, 3.63) is 165 Å². The molecule has 8 nitrogen and oxygen atoms in total. The Balaban J connectivity index is 0.819. The Morgan fingerprint density at radius 2 is 0.545 bits per heavy atom. The second-order valence-electron chi connectivity index (χ2n) is 36.0. The minimum atomic E-state index is -2.59. The number of fused-ring (bicyclic) bond motifs is 7. The predicted octanol–water partition coefficient (Wildman–Crippen LogP) is 31.8. The van der Waals surface area contributed by atoms with E-state index in [0.717, 1.165) is 196 Å². The fraction of sp³-hybridized carbons (Fsp3) is 0.481. The third-order valence-electron chi connectivity index (χ3n) is 27.3. The molecule has 2 unspecified atom stereocenters. The van der Waals surface area contributed by atoms with Gasteiger partial charge in [-0.25, -0.2) is 0 Å². The zero-order chi connectivity index (χ0) is 85.7. The molecule has 6 aromatic heterocycles. The van der Waals surface area contributed by atoms with Crippen LogP contribution in [0.2, 0.25) is 12.1 Å². The van der Waals surface area contributed by atoms with Crippen LogP contribution in [-0.4, -0.2) is 57.9 Å². The van der Waals surface area contributed by atoms with E-state index in [0.29, 0.717) is 60.3 Å². The summed E-state index contributed by atoms with van der Waals surface area (Å²) < 4.78 is 0. The number of nitrogens with zero attached hydrogens (tertiary/aromatic N) is 4. The Labute approximate surface area is 761 Å². The minimum Gasteiger partial charge on any atom is -0.308 e. The SMILES string of the molecule is CCCCCCc1ccc(-c2ccc(-c3ccc4c(c3)N(CCCCCC)C(=O)/C4=C3\C(=O)N(CCCCCC)c4cc(-c5cc6c(s5)-c5sc(-c7ccc8c(c7)N(CCCCCC)C(=O)/C8=C7\C(=O)N(CCCCCC)c8cc(-c9ccc(-c%10ccc(CCCCCC)s%10)s9)ccc87)cc5[Si]6(CC(CC)CCCC)CC(CC)CCCC)ccc43)s2)s1. The van der Waals surface area contributed by atoms with E-state index in [9.17, 15) is 0 Å². The fourth-order valence-electron chi connectivity index (χ4n) is 20.2. The summed E-state index contributed by atoms with van der Waals surface area (Å²) in [5, 5.41) is 3.22. The molecule has 4 aromatic carbocycles. The van der Waals surface area contributed by atoms with Crippen molar-refractivity contribution in [2.45, 2.75) is 300 Å². The maximum Gasteiger partial charge on any atom is 0.259 e. The summed E-state index contributed by atoms with van der Waals surface area (Å²) in [7, 11) is -2.59. The second-order valence-corrected chi connectivity index (χ2v) is 46.7. The Morgan fingerprint density at radius 1 is 0.268 bits per heavy atom. The van der Waals surface area contributed by atoms with Gasteiger partial charge in [0.2, 0.25) is 0 Å². The molecule has 5 aliphatic rings. The smallest absolute Gasteiger partial charge is 0.259 e. The predicted molar refractivity (Wildman–Crippen MR) is 541 cm³/mol. The Morgan fingerprint density at radius 3 is 0.846 bits per heavy atom. The molecular formula is C108H134N4O4S6Si. The normalized spacial score (nSPS) is 16.2. The van der Waals surface area contributed by atoms with Crippen molar-refractivity contribution >= 4 is 155 Å². The first-order valence-corrected chi connectivity index (χ1v) is 55.6. The summed E-state index contributed by atoms with van der Waals surface area (Å²) in [4.78, 5) is 87.3. The quantitative estimate of drug-likeness (QED) is 0.0216. The van der Waals surface area contributed by atoms with Crippen LogP contribution in [0.3, 0.4) is 0 Å². The van der Waals surface area contributed by atoms with Crippen LogP contribution in [0.4, 0.5) is 22.7 Å². The van der Waals surface area contributed by atoms with E-state index in [4.69, 9.17) is 0 Å². The molecule has 4 amide bonds. The molecule has 0 bridgehead atoms. The molecule has 11 heterocycles. The lowest BCUT2D eigenvalue weighted by Gasteiger charge is -2.35. The maximum atomic E-state index is 16.0. The number of hydrogen-bond acceptors (Lipinski definition) is 10. The van der Waals surface area contributed by atoms with Gasteiger partial charge in [-0.05, 0) is 193 Å². The molecule has 2 atom stereocenters. The fourth-order valence-corrected chi connectivity index (χ4v) is 34.9. The van der Waals surface area contributed by atoms with E-state index in [-0.39, 0.29) is 23.6 Å². The highest BCUT2D eigenvalue weighted by atomic mass is 32.1. The highest BCUT2D eigenvalue weighted by molar-refractivity contribution is 7.32. The number of rotatable bonds is 48. The van der Waals surface area contributed by atoms with Gasteiger partial charge in [0.15, 0.2) is 0 Å². The standard InChI is InChI=1S/C108H134N4O4S6Si/c1-11-21-29-35-43-79-49-55-91(117-79)93-59-57-89(119-93)75-45-51-81-85(65-75)109(61-37-31-23-13-3)105(113)99(81)101-83-53-47-77(67-87(83)111(107(101)115)63-39-33-25-15-5)95-69-97-103(121-95)104-98(123(97,71-73(19-9)41-27-17-7)72-74(20-10)42-28-18-8)70-96(122-104)78-48-54-84-88(68-78)112(64-40-34-26-16-6)108(116)102(84)100-82-52-46-76(66-86(82)110(106(100)114)62-38-32-24-14-4)90-58-60-94(120-90)92-56-50-80(118-92)44-36-30-22-12-2/h45-60,65-70,73-74H,11-44,61-64,71-72H2,1-10H3/b101-99-,102-100-. The van der Waals surface area contributed by atoms with Crippen LogP contribution in [0.1, 0.15) is 307 Å². The molecule has 0 aliphatic carbocycles. The lowest BCUT2D eigenvalue weighted by Crippen LogP contribution is -2.56. The zero-order valence-electron chi connectivity index (χ0n) is 75.5. The van der Waals surface area contributed by atoms with Crippen LogP contribution in [0.25, 0.3) is 93.3 Å². The van der Waals surface area contributed by atoms with Gasteiger partial charge in [-0.1, -0.05) is 285 Å². The number of anilines is 4. The van der Waals surface area contributed by atoms with Crippen LogP contribution >= 0.6 is 68.0 Å². The molecule has 123 heavy (non-hydrogen) atoms. The molecule has 15 heteroatoms. The van der Waals surface area contributed by atoms with Gasteiger partial charge in [0.25, 0.3) is 23.6 Å². The van der Waals surface area contributed by atoms with E-state index in [2.05, 4.69) is 212 Å². The number of carbonyl (C=O) groups is 4. The molecule has 650 valence electrons. The number of unbranched alkanes of at least 4 members (excludes halogenated alkanes) is 20. The molecule has 0 saturated heterocycles. The van der Waals surface area contributed by atoms with Gasteiger partial charge < -0.3 is 19.6 Å². The van der Waals surface area contributed by atoms with Crippen LogP contribution in [-0.2, 0) is 32.0 Å². The molecule has 0 radical (unpaired) electrons. The third-order valence-corrected chi connectivity index (χ3v) is 40.5. The number of hydrogen-bond donors (Lipinski definition) is 0. The maximum absolute atomic E-state index is 16.0. The Bertz CT molecular complexity index is 5090. The number of aryl methyl sites for hydroxylation is 2. The lowest BCUT2D eigenvalue weighted by molar-refractivity contribution is -0.114. The molecule has 0 spiro atoms. The number of benzene rings is 4. The van der Waals surface area contributed by atoms with Crippen molar-refractivity contribution in [2.75, 3.05) is 45.8 Å². The number of carbonyl (C=O) groups excluding carboxylic acids is 4. The highest BCUT2D eigenvalue weighted by Crippen LogP contribution is 2.56. The largest absolute Gasteiger partial charge is 0.308 e. The summed E-state index contributed by atoms with van der Waals surface area (Å²) in [6, 6.07) is 52.9. The van der Waals surface area contributed by atoms with Crippen molar-refractivity contribution in [2.24, 2.45) is 11.8 Å². The lowest BCUT2D eigenvalue weighted by atomic mass is 9.95. The first-order chi connectivity index (χ1) is 60.2. The topological polar surface area (TPSA) is 81.2 Å². The van der Waals surface area contributed by atoms with Crippen molar-refractivity contribution in [3.8, 4) is 71.0 Å². The van der Waals surface area contributed by atoms with Gasteiger partial charge in [0, 0.05) is 107 Å². The van der Waals surface area contributed by atoms with Crippen LogP contribution < -0.4 is 30.0 Å². The molecule has 10 aromatic rings. The van der Waals surface area contributed by atoms with E-state index in [1.165, 1.54) is 161 Å². The first kappa shape index (κ1) is 90.4. The van der Waals surface area contributed by atoms with Gasteiger partial charge in [-0.3, -0.25) is 19.2 Å². The van der Waals surface area contributed by atoms with Crippen molar-refractivity contribution < 1.29 is 19.2 Å². The molecule has 15 rings (SSSR count). The van der Waals surface area contributed by atoms with Gasteiger partial charge >= 0.3 is 0 Å². The van der Waals surface area contributed by atoms with Crippen molar-refractivity contribution in [3.63, 3.8) is 0 Å². The summed E-state index contributed by atoms with van der Waals surface area (Å²) >= 11 is 11.4. The Hall–Kier alpha value is -7.34. The van der Waals surface area contributed by atoms with Crippen LogP contribution in [0.5, 0.6) is 0 Å². The average Bonchev–Trinajstić information content (AvgIpc) is 1.54. The molecule has 5 aliphatic heterocycles. The van der Waals surface area contributed by atoms with Crippen LogP contribution in [0.15, 0.2) is 133 Å².